The van der Waals surface area contributed by atoms with Crippen molar-refractivity contribution in [2.24, 2.45) is 7.05 Å². The highest BCUT2D eigenvalue weighted by Gasteiger charge is 2.15. The van der Waals surface area contributed by atoms with Crippen LogP contribution in [0.15, 0.2) is 24.3 Å². The molecule has 112 valence electrons. The molecular weight excluding hydrogens is 306 g/mol. The lowest BCUT2D eigenvalue weighted by Gasteiger charge is -1.96. The number of benzene rings is 1. The van der Waals surface area contributed by atoms with E-state index in [1.165, 1.54) is 23.5 Å². The molecule has 0 saturated heterocycles. The highest BCUT2D eigenvalue weighted by atomic mass is 32.1. The van der Waals surface area contributed by atoms with E-state index in [-0.39, 0.29) is 11.6 Å². The molecule has 1 amide bonds. The fraction of sp³-hybridized carbons (Fsp3) is 0.154. The van der Waals surface area contributed by atoms with Gasteiger partial charge in [-0.2, -0.15) is 5.10 Å². The Morgan fingerprint density at radius 1 is 1.41 bits per heavy atom. The highest BCUT2D eigenvalue weighted by molar-refractivity contribution is 7.22. The molecular formula is C13H11N5O3S. The fourth-order valence-electron chi connectivity index (χ4n) is 1.91. The summed E-state index contributed by atoms with van der Waals surface area (Å²) in [6.07, 6.45) is 0. The Hall–Kier alpha value is -2.81. The molecule has 0 aliphatic rings. The summed E-state index contributed by atoms with van der Waals surface area (Å²) in [7, 11) is 1.75. The largest absolute Gasteiger partial charge is 0.296 e. The number of nitrogens with zero attached hydrogens (tertiary/aromatic N) is 4. The molecule has 8 nitrogen and oxygen atoms in total. The van der Waals surface area contributed by atoms with E-state index in [1.54, 1.807) is 23.9 Å². The van der Waals surface area contributed by atoms with Gasteiger partial charge in [-0.3, -0.25) is 24.9 Å². The van der Waals surface area contributed by atoms with Crippen LogP contribution in [0.2, 0.25) is 0 Å². The van der Waals surface area contributed by atoms with Crippen LogP contribution in [0.25, 0.3) is 10.2 Å². The van der Waals surface area contributed by atoms with E-state index >= 15 is 0 Å². The van der Waals surface area contributed by atoms with Crippen molar-refractivity contribution in [1.82, 2.24) is 14.8 Å². The molecule has 0 fully saturated rings. The zero-order chi connectivity index (χ0) is 15.9. The SMILES string of the molecule is Cc1cc(C(=O)Nc2nc3ccc([N+](=O)[O-])cc3s2)nn1C. The Bertz CT molecular complexity index is 879. The van der Waals surface area contributed by atoms with Gasteiger partial charge in [0, 0.05) is 24.9 Å². The quantitative estimate of drug-likeness (QED) is 0.590. The Labute approximate surface area is 128 Å². The van der Waals surface area contributed by atoms with Gasteiger partial charge >= 0.3 is 0 Å². The second-order valence-corrected chi connectivity index (χ2v) is 5.71. The second kappa shape index (κ2) is 5.19. The van der Waals surface area contributed by atoms with Crippen LogP contribution in [0, 0.1) is 17.0 Å². The van der Waals surface area contributed by atoms with Crippen molar-refractivity contribution in [3.05, 3.63) is 45.8 Å². The number of anilines is 1. The predicted molar refractivity (Wildman–Crippen MR) is 82.2 cm³/mol. The van der Waals surface area contributed by atoms with Crippen LogP contribution in [0.4, 0.5) is 10.8 Å². The summed E-state index contributed by atoms with van der Waals surface area (Å²) < 4.78 is 2.25. The summed E-state index contributed by atoms with van der Waals surface area (Å²) in [6, 6.07) is 6.06. The number of rotatable bonds is 3. The third-order valence-electron chi connectivity index (χ3n) is 3.15. The van der Waals surface area contributed by atoms with Gasteiger partial charge in [0.05, 0.1) is 15.1 Å². The van der Waals surface area contributed by atoms with Gasteiger partial charge < -0.3 is 0 Å². The van der Waals surface area contributed by atoms with Crippen molar-refractivity contribution in [2.75, 3.05) is 5.32 Å². The lowest BCUT2D eigenvalue weighted by atomic mass is 10.3. The molecule has 0 aliphatic carbocycles. The summed E-state index contributed by atoms with van der Waals surface area (Å²) in [5.41, 5.74) is 1.76. The normalized spacial score (nSPS) is 10.8. The molecule has 0 aliphatic heterocycles. The number of fused-ring (bicyclic) bond motifs is 1. The van der Waals surface area contributed by atoms with Gasteiger partial charge in [0.1, 0.15) is 0 Å². The standard InChI is InChI=1S/C13H11N5O3S/c1-7-5-10(16-17(7)2)12(19)15-13-14-9-4-3-8(18(20)21)6-11(9)22-13/h3-6H,1-2H3,(H,14,15,19). The summed E-state index contributed by atoms with van der Waals surface area (Å²) >= 11 is 1.18. The zero-order valence-corrected chi connectivity index (χ0v) is 12.5. The summed E-state index contributed by atoms with van der Waals surface area (Å²) in [5, 5.41) is 17.9. The molecule has 0 spiro atoms. The molecule has 0 saturated carbocycles. The van der Waals surface area contributed by atoms with Crippen molar-refractivity contribution in [3.63, 3.8) is 0 Å². The maximum atomic E-state index is 12.1. The lowest BCUT2D eigenvalue weighted by Crippen LogP contribution is -2.12. The Balaban J connectivity index is 1.87. The van der Waals surface area contributed by atoms with Gasteiger partial charge in [0.25, 0.3) is 11.6 Å². The third kappa shape index (κ3) is 2.53. The fourth-order valence-corrected chi connectivity index (χ4v) is 2.81. The van der Waals surface area contributed by atoms with Gasteiger partial charge in [-0.25, -0.2) is 4.98 Å². The van der Waals surface area contributed by atoms with Crippen LogP contribution >= 0.6 is 11.3 Å². The van der Waals surface area contributed by atoms with E-state index in [4.69, 9.17) is 0 Å². The van der Waals surface area contributed by atoms with Crippen molar-refractivity contribution < 1.29 is 9.72 Å². The number of nitro groups is 1. The first-order chi connectivity index (χ1) is 10.4. The van der Waals surface area contributed by atoms with Gasteiger partial charge in [-0.1, -0.05) is 11.3 Å². The number of carbonyl (C=O) groups excluding carboxylic acids is 1. The van der Waals surface area contributed by atoms with Crippen molar-refractivity contribution in [2.45, 2.75) is 6.92 Å². The maximum absolute atomic E-state index is 12.1. The molecule has 0 bridgehead atoms. The average Bonchev–Trinajstić information content (AvgIpc) is 3.01. The molecule has 0 atom stereocenters. The van der Waals surface area contributed by atoms with Gasteiger partial charge in [0.15, 0.2) is 10.8 Å². The number of nitro benzene ring substituents is 1. The Morgan fingerprint density at radius 3 is 2.82 bits per heavy atom. The summed E-state index contributed by atoms with van der Waals surface area (Å²) in [6.45, 7) is 1.85. The van der Waals surface area contributed by atoms with Crippen molar-refractivity contribution in [3.8, 4) is 0 Å². The smallest absolute Gasteiger partial charge is 0.277 e. The number of aryl methyl sites for hydroxylation is 2. The van der Waals surface area contributed by atoms with Crippen LogP contribution in [0.3, 0.4) is 0 Å². The Morgan fingerprint density at radius 2 is 2.18 bits per heavy atom. The lowest BCUT2D eigenvalue weighted by molar-refractivity contribution is -0.384. The first kappa shape index (κ1) is 14.1. The zero-order valence-electron chi connectivity index (χ0n) is 11.7. The molecule has 2 heterocycles. The minimum absolute atomic E-state index is 0.00521. The molecule has 3 aromatic rings. The number of aromatic nitrogens is 3. The molecule has 0 unspecified atom stereocenters. The molecule has 22 heavy (non-hydrogen) atoms. The average molecular weight is 317 g/mol. The van der Waals surface area contributed by atoms with E-state index in [0.717, 1.165) is 5.69 Å². The first-order valence-corrected chi connectivity index (χ1v) is 7.12. The number of carbonyl (C=O) groups is 1. The number of nitrogens with one attached hydrogen (secondary N) is 1. The third-order valence-corrected chi connectivity index (χ3v) is 4.08. The second-order valence-electron chi connectivity index (χ2n) is 4.68. The molecule has 9 heteroatoms. The van der Waals surface area contributed by atoms with Gasteiger partial charge in [0.2, 0.25) is 0 Å². The number of thiazole rings is 1. The number of non-ortho nitro benzene ring substituents is 1. The van der Waals surface area contributed by atoms with E-state index in [9.17, 15) is 14.9 Å². The van der Waals surface area contributed by atoms with Crippen LogP contribution in [-0.2, 0) is 7.05 Å². The van der Waals surface area contributed by atoms with Crippen LogP contribution in [0.5, 0.6) is 0 Å². The minimum atomic E-state index is -0.464. The topological polar surface area (TPSA) is 103 Å². The first-order valence-electron chi connectivity index (χ1n) is 6.31. The van der Waals surface area contributed by atoms with Crippen LogP contribution in [-0.4, -0.2) is 25.6 Å². The minimum Gasteiger partial charge on any atom is -0.296 e. The number of hydrogen-bond acceptors (Lipinski definition) is 6. The van der Waals surface area contributed by atoms with Gasteiger partial charge in [-0.15, -0.1) is 0 Å². The summed E-state index contributed by atoms with van der Waals surface area (Å²) in [4.78, 5) is 26.6. The van der Waals surface area contributed by atoms with E-state index in [0.29, 0.717) is 21.0 Å². The monoisotopic (exact) mass is 317 g/mol. The predicted octanol–water partition coefficient (Wildman–Crippen LogP) is 2.50. The highest BCUT2D eigenvalue weighted by Crippen LogP contribution is 2.29. The van der Waals surface area contributed by atoms with Crippen LogP contribution in [0.1, 0.15) is 16.2 Å². The van der Waals surface area contributed by atoms with Gasteiger partial charge in [-0.05, 0) is 19.1 Å². The van der Waals surface area contributed by atoms with Crippen LogP contribution < -0.4 is 5.32 Å². The van der Waals surface area contributed by atoms with E-state index < -0.39 is 4.92 Å². The maximum Gasteiger partial charge on any atom is 0.277 e. The molecule has 3 rings (SSSR count). The number of hydrogen-bond donors (Lipinski definition) is 1. The number of amides is 1. The molecule has 0 radical (unpaired) electrons. The molecule has 1 N–H and O–H groups in total. The van der Waals surface area contributed by atoms with E-state index in [2.05, 4.69) is 15.4 Å². The Kier molecular flexibility index (Phi) is 3.33. The summed E-state index contributed by atoms with van der Waals surface area (Å²) in [5.74, 6) is -0.364. The van der Waals surface area contributed by atoms with Crippen molar-refractivity contribution >= 4 is 38.3 Å². The van der Waals surface area contributed by atoms with Crippen molar-refractivity contribution in [1.29, 1.82) is 0 Å². The molecule has 2 aromatic heterocycles. The van der Waals surface area contributed by atoms with E-state index in [1.807, 2.05) is 6.92 Å². The molecule has 1 aromatic carbocycles.